The van der Waals surface area contributed by atoms with Crippen LogP contribution in [0.15, 0.2) is 60.7 Å². The molecule has 0 aliphatic carbocycles. The minimum absolute atomic E-state index is 0.0936. The first kappa shape index (κ1) is 13.3. The Kier molecular flexibility index (Phi) is 4.70. The van der Waals surface area contributed by atoms with E-state index < -0.39 is 0 Å². The lowest BCUT2D eigenvalue weighted by molar-refractivity contribution is -0.117. The minimum atomic E-state index is -0.339. The predicted octanol–water partition coefficient (Wildman–Crippen LogP) is 2.05. The molecular weight excluding hydrogens is 236 g/mol. The summed E-state index contributed by atoms with van der Waals surface area (Å²) in [5, 5.41) is 3.21. The van der Waals surface area contributed by atoms with E-state index >= 15 is 0 Å². The summed E-state index contributed by atoms with van der Waals surface area (Å²) in [5.41, 5.74) is 7.60. The third-order valence-electron chi connectivity index (χ3n) is 3.01. The summed E-state index contributed by atoms with van der Waals surface area (Å²) in [6.45, 7) is 0.187. The normalized spacial score (nSPS) is 12.0. The monoisotopic (exact) mass is 254 g/mol. The standard InChI is InChI=1S/C16H18N2O/c17-16(19)12-18-15(14-9-5-2-6-10-14)11-13-7-3-1-4-8-13/h1-10,15,18H,11-12H2,(H2,17,19). The largest absolute Gasteiger partial charge is 0.369 e. The Bertz CT molecular complexity index is 511. The Balaban J connectivity index is 2.12. The van der Waals surface area contributed by atoms with E-state index in [2.05, 4.69) is 29.6 Å². The van der Waals surface area contributed by atoms with Crippen molar-refractivity contribution in [3.05, 3.63) is 71.8 Å². The van der Waals surface area contributed by atoms with E-state index in [0.29, 0.717) is 0 Å². The predicted molar refractivity (Wildman–Crippen MR) is 76.5 cm³/mol. The summed E-state index contributed by atoms with van der Waals surface area (Å²) in [6, 6.07) is 20.4. The highest BCUT2D eigenvalue weighted by Gasteiger charge is 2.12. The molecule has 0 aliphatic heterocycles. The van der Waals surface area contributed by atoms with Crippen LogP contribution in [0.25, 0.3) is 0 Å². The highest BCUT2D eigenvalue weighted by Crippen LogP contribution is 2.17. The molecule has 3 nitrogen and oxygen atoms in total. The minimum Gasteiger partial charge on any atom is -0.369 e. The molecule has 0 spiro atoms. The van der Waals surface area contributed by atoms with Crippen LogP contribution < -0.4 is 11.1 Å². The van der Waals surface area contributed by atoms with E-state index in [4.69, 9.17) is 5.73 Å². The lowest BCUT2D eigenvalue weighted by Gasteiger charge is -2.18. The molecule has 0 aromatic heterocycles. The van der Waals surface area contributed by atoms with Crippen molar-refractivity contribution in [1.29, 1.82) is 0 Å². The number of hydrogen-bond donors (Lipinski definition) is 2. The molecule has 1 unspecified atom stereocenters. The van der Waals surface area contributed by atoms with Gasteiger partial charge in [0, 0.05) is 6.04 Å². The molecule has 0 aliphatic rings. The molecule has 1 atom stereocenters. The second kappa shape index (κ2) is 6.71. The van der Waals surface area contributed by atoms with Crippen molar-refractivity contribution < 1.29 is 4.79 Å². The first-order chi connectivity index (χ1) is 9.25. The van der Waals surface area contributed by atoms with Gasteiger partial charge in [-0.05, 0) is 17.5 Å². The fourth-order valence-electron chi connectivity index (χ4n) is 2.07. The van der Waals surface area contributed by atoms with Gasteiger partial charge in [-0.1, -0.05) is 60.7 Å². The summed E-state index contributed by atoms with van der Waals surface area (Å²) >= 11 is 0. The van der Waals surface area contributed by atoms with Crippen LogP contribution in [-0.2, 0) is 11.2 Å². The summed E-state index contributed by atoms with van der Waals surface area (Å²) in [6.07, 6.45) is 0.831. The molecule has 0 saturated heterocycles. The summed E-state index contributed by atoms with van der Waals surface area (Å²) in [4.78, 5) is 10.9. The van der Waals surface area contributed by atoms with Gasteiger partial charge in [-0.3, -0.25) is 4.79 Å². The zero-order valence-corrected chi connectivity index (χ0v) is 10.8. The van der Waals surface area contributed by atoms with Crippen LogP contribution in [0.4, 0.5) is 0 Å². The van der Waals surface area contributed by atoms with Gasteiger partial charge >= 0.3 is 0 Å². The van der Waals surface area contributed by atoms with E-state index in [-0.39, 0.29) is 18.5 Å². The number of primary amides is 1. The third-order valence-corrected chi connectivity index (χ3v) is 3.01. The molecular formula is C16H18N2O. The third kappa shape index (κ3) is 4.23. The van der Waals surface area contributed by atoms with E-state index in [0.717, 1.165) is 12.0 Å². The number of benzene rings is 2. The number of nitrogens with one attached hydrogen (secondary N) is 1. The van der Waals surface area contributed by atoms with E-state index in [1.807, 2.05) is 36.4 Å². The van der Waals surface area contributed by atoms with Crippen molar-refractivity contribution in [1.82, 2.24) is 5.32 Å². The van der Waals surface area contributed by atoms with Crippen LogP contribution in [0.3, 0.4) is 0 Å². The Hall–Kier alpha value is -2.13. The molecule has 2 rings (SSSR count). The second-order valence-corrected chi connectivity index (χ2v) is 4.50. The van der Waals surface area contributed by atoms with Crippen LogP contribution in [-0.4, -0.2) is 12.5 Å². The van der Waals surface area contributed by atoms with Crippen molar-refractivity contribution in [3.63, 3.8) is 0 Å². The molecule has 0 fully saturated rings. The lowest BCUT2D eigenvalue weighted by Crippen LogP contribution is -2.32. The van der Waals surface area contributed by atoms with Crippen molar-refractivity contribution in [2.75, 3.05) is 6.54 Å². The summed E-state index contributed by atoms with van der Waals surface area (Å²) < 4.78 is 0. The van der Waals surface area contributed by atoms with Gasteiger partial charge in [-0.15, -0.1) is 0 Å². The molecule has 98 valence electrons. The zero-order chi connectivity index (χ0) is 13.5. The average molecular weight is 254 g/mol. The van der Waals surface area contributed by atoms with E-state index in [1.54, 1.807) is 0 Å². The number of nitrogens with two attached hydrogens (primary N) is 1. The Labute approximate surface area is 113 Å². The molecule has 3 N–H and O–H groups in total. The van der Waals surface area contributed by atoms with Crippen molar-refractivity contribution >= 4 is 5.91 Å². The highest BCUT2D eigenvalue weighted by molar-refractivity contribution is 5.75. The molecule has 0 heterocycles. The number of rotatable bonds is 6. The van der Waals surface area contributed by atoms with E-state index in [1.165, 1.54) is 5.56 Å². The number of hydrogen-bond acceptors (Lipinski definition) is 2. The van der Waals surface area contributed by atoms with Gasteiger partial charge in [0.25, 0.3) is 0 Å². The highest BCUT2D eigenvalue weighted by atomic mass is 16.1. The number of carbonyl (C=O) groups excluding carboxylic acids is 1. The average Bonchev–Trinajstić information content (AvgIpc) is 2.45. The maximum absolute atomic E-state index is 10.9. The zero-order valence-electron chi connectivity index (χ0n) is 10.8. The quantitative estimate of drug-likeness (QED) is 0.829. The van der Waals surface area contributed by atoms with Gasteiger partial charge in [0.1, 0.15) is 0 Å². The molecule has 2 aromatic rings. The Morgan fingerprint density at radius 2 is 1.58 bits per heavy atom. The molecule has 0 radical (unpaired) electrons. The smallest absolute Gasteiger partial charge is 0.231 e. The second-order valence-electron chi connectivity index (χ2n) is 4.50. The van der Waals surface area contributed by atoms with Crippen LogP contribution in [0.1, 0.15) is 17.2 Å². The van der Waals surface area contributed by atoms with Gasteiger partial charge in [0.05, 0.1) is 6.54 Å². The topological polar surface area (TPSA) is 55.1 Å². The van der Waals surface area contributed by atoms with Crippen molar-refractivity contribution in [2.45, 2.75) is 12.5 Å². The van der Waals surface area contributed by atoms with Crippen LogP contribution in [0.5, 0.6) is 0 Å². The molecule has 3 heteroatoms. The molecule has 1 amide bonds. The molecule has 2 aromatic carbocycles. The van der Waals surface area contributed by atoms with Crippen molar-refractivity contribution in [3.8, 4) is 0 Å². The maximum Gasteiger partial charge on any atom is 0.231 e. The summed E-state index contributed by atoms with van der Waals surface area (Å²) in [5.74, 6) is -0.339. The molecule has 0 saturated carbocycles. The first-order valence-corrected chi connectivity index (χ1v) is 6.36. The lowest BCUT2D eigenvalue weighted by atomic mass is 9.99. The fourth-order valence-corrected chi connectivity index (χ4v) is 2.07. The van der Waals surface area contributed by atoms with Crippen LogP contribution in [0, 0.1) is 0 Å². The number of amides is 1. The molecule has 0 bridgehead atoms. The van der Waals surface area contributed by atoms with Crippen LogP contribution >= 0.6 is 0 Å². The van der Waals surface area contributed by atoms with Gasteiger partial charge < -0.3 is 11.1 Å². The van der Waals surface area contributed by atoms with Gasteiger partial charge in [0.15, 0.2) is 0 Å². The SMILES string of the molecule is NC(=O)CNC(Cc1ccccc1)c1ccccc1. The Morgan fingerprint density at radius 1 is 1.00 bits per heavy atom. The first-order valence-electron chi connectivity index (χ1n) is 6.36. The number of carbonyl (C=O) groups is 1. The summed E-state index contributed by atoms with van der Waals surface area (Å²) in [7, 11) is 0. The fraction of sp³-hybridized carbons (Fsp3) is 0.188. The Morgan fingerprint density at radius 3 is 2.16 bits per heavy atom. The van der Waals surface area contributed by atoms with Gasteiger partial charge in [0.2, 0.25) is 5.91 Å². The van der Waals surface area contributed by atoms with Gasteiger partial charge in [-0.25, -0.2) is 0 Å². The maximum atomic E-state index is 10.9. The molecule has 19 heavy (non-hydrogen) atoms. The van der Waals surface area contributed by atoms with Crippen molar-refractivity contribution in [2.24, 2.45) is 5.73 Å². The van der Waals surface area contributed by atoms with Crippen LogP contribution in [0.2, 0.25) is 0 Å². The van der Waals surface area contributed by atoms with Gasteiger partial charge in [-0.2, -0.15) is 0 Å². The van der Waals surface area contributed by atoms with E-state index in [9.17, 15) is 4.79 Å².